The third-order valence-electron chi connectivity index (χ3n) is 4.41. The van der Waals surface area contributed by atoms with E-state index in [1.54, 1.807) is 12.1 Å². The number of nitrogens with one attached hydrogen (secondary N) is 1. The fourth-order valence-corrected chi connectivity index (χ4v) is 4.21. The van der Waals surface area contributed by atoms with E-state index in [1.165, 1.54) is 24.3 Å². The second-order valence-corrected chi connectivity index (χ2v) is 8.42. The Morgan fingerprint density at radius 3 is 2.45 bits per heavy atom. The molecule has 4 aromatic rings. The summed E-state index contributed by atoms with van der Waals surface area (Å²) in [7, 11) is -4.31. The van der Waals surface area contributed by atoms with Crippen molar-refractivity contribution in [3.05, 3.63) is 78.6 Å². The molecule has 0 amide bonds. The van der Waals surface area contributed by atoms with Gasteiger partial charge in [0, 0.05) is 23.6 Å². The highest BCUT2D eigenvalue weighted by Crippen LogP contribution is 2.31. The minimum absolute atomic E-state index is 0.185. The van der Waals surface area contributed by atoms with Gasteiger partial charge in [0.25, 0.3) is 10.0 Å². The van der Waals surface area contributed by atoms with Crippen LogP contribution in [0.5, 0.6) is 5.75 Å². The van der Waals surface area contributed by atoms with Gasteiger partial charge in [0.05, 0.1) is 5.69 Å². The number of imidazole rings is 1. The zero-order chi connectivity index (χ0) is 22.2. The van der Waals surface area contributed by atoms with E-state index in [1.807, 2.05) is 35.9 Å². The summed E-state index contributed by atoms with van der Waals surface area (Å²) in [6.45, 7) is 1.97. The summed E-state index contributed by atoms with van der Waals surface area (Å²) in [5.41, 5.74) is 3.49. The summed E-state index contributed by atoms with van der Waals surface area (Å²) in [5.74, 6) is -0.806. The first-order chi connectivity index (χ1) is 14.6. The lowest BCUT2D eigenvalue weighted by Crippen LogP contribution is -2.20. The Hall–Kier alpha value is -3.53. The summed E-state index contributed by atoms with van der Waals surface area (Å²) in [5, 5.41) is 0. The summed E-state index contributed by atoms with van der Waals surface area (Å²) in [6.07, 6.45) is -1.28. The van der Waals surface area contributed by atoms with E-state index in [4.69, 9.17) is 0 Å². The largest absolute Gasteiger partial charge is 0.573 e. The number of ether oxygens (including phenoxy) is 1. The molecule has 0 saturated carbocycles. The van der Waals surface area contributed by atoms with E-state index in [-0.39, 0.29) is 5.69 Å². The van der Waals surface area contributed by atoms with Gasteiger partial charge in [0.15, 0.2) is 0 Å². The zero-order valence-electron chi connectivity index (χ0n) is 16.1. The first kappa shape index (κ1) is 20.7. The molecule has 0 aliphatic carbocycles. The Balaban J connectivity index is 1.59. The number of pyridine rings is 1. The maximum atomic E-state index is 12.6. The van der Waals surface area contributed by atoms with Crippen molar-refractivity contribution in [3.8, 4) is 17.0 Å². The molecule has 0 fully saturated rings. The van der Waals surface area contributed by atoms with E-state index < -0.39 is 27.0 Å². The average Bonchev–Trinajstić information content (AvgIpc) is 3.10. The molecule has 0 spiro atoms. The van der Waals surface area contributed by atoms with Gasteiger partial charge >= 0.3 is 6.36 Å². The van der Waals surface area contributed by atoms with Crippen LogP contribution in [0.3, 0.4) is 0 Å². The van der Waals surface area contributed by atoms with E-state index in [0.717, 1.165) is 28.9 Å². The number of nitrogens with zero attached hydrogens (tertiary/aromatic N) is 2. The van der Waals surface area contributed by atoms with E-state index >= 15 is 0 Å². The van der Waals surface area contributed by atoms with Crippen LogP contribution >= 0.6 is 0 Å². The molecule has 0 aliphatic rings. The second-order valence-electron chi connectivity index (χ2n) is 6.77. The quantitative estimate of drug-likeness (QED) is 0.467. The molecule has 1 N–H and O–H groups in total. The van der Waals surface area contributed by atoms with Crippen molar-refractivity contribution in [3.63, 3.8) is 0 Å². The van der Waals surface area contributed by atoms with Crippen LogP contribution in [0.4, 0.5) is 18.9 Å². The van der Waals surface area contributed by atoms with Crippen LogP contribution in [-0.2, 0) is 10.0 Å². The van der Waals surface area contributed by atoms with Crippen molar-refractivity contribution in [2.24, 2.45) is 0 Å². The molecule has 10 heteroatoms. The van der Waals surface area contributed by atoms with Crippen LogP contribution in [0.2, 0.25) is 0 Å². The SMILES string of the molecule is Cc1ccn2cc(-c3ccc(NS(=O)(=O)c4ccccc4OC(F)(F)F)cc3)nc2c1. The number of aromatic nitrogens is 2. The molecule has 4 rings (SSSR count). The molecular formula is C21H16F3N3O3S. The minimum Gasteiger partial charge on any atom is -0.404 e. The summed E-state index contributed by atoms with van der Waals surface area (Å²) < 4.78 is 71.1. The molecule has 0 atom stereocenters. The number of alkyl halides is 3. The highest BCUT2D eigenvalue weighted by Gasteiger charge is 2.34. The van der Waals surface area contributed by atoms with Crippen LogP contribution in [-0.4, -0.2) is 24.2 Å². The molecule has 0 unspecified atom stereocenters. The van der Waals surface area contributed by atoms with Crippen LogP contribution in [0.15, 0.2) is 78.0 Å². The topological polar surface area (TPSA) is 72.7 Å². The number of para-hydroxylation sites is 1. The number of rotatable bonds is 5. The molecule has 0 aliphatic heterocycles. The Morgan fingerprint density at radius 1 is 1.03 bits per heavy atom. The van der Waals surface area contributed by atoms with Gasteiger partial charge in [-0.15, -0.1) is 13.2 Å². The van der Waals surface area contributed by atoms with Crippen LogP contribution < -0.4 is 9.46 Å². The van der Waals surface area contributed by atoms with Crippen LogP contribution in [0.25, 0.3) is 16.9 Å². The maximum absolute atomic E-state index is 12.6. The van der Waals surface area contributed by atoms with E-state index in [2.05, 4.69) is 14.4 Å². The van der Waals surface area contributed by atoms with Gasteiger partial charge in [0.2, 0.25) is 0 Å². The normalized spacial score (nSPS) is 12.1. The monoisotopic (exact) mass is 447 g/mol. The number of benzene rings is 2. The Kier molecular flexibility index (Phi) is 5.10. The van der Waals surface area contributed by atoms with Gasteiger partial charge in [0.1, 0.15) is 16.3 Å². The predicted molar refractivity (Wildman–Crippen MR) is 109 cm³/mol. The van der Waals surface area contributed by atoms with Gasteiger partial charge in [-0.05, 0) is 48.9 Å². The number of anilines is 1. The van der Waals surface area contributed by atoms with Gasteiger partial charge in [-0.25, -0.2) is 13.4 Å². The van der Waals surface area contributed by atoms with Crippen molar-refractivity contribution >= 4 is 21.4 Å². The molecule has 6 nitrogen and oxygen atoms in total. The van der Waals surface area contributed by atoms with Crippen LogP contribution in [0, 0.1) is 6.92 Å². The Morgan fingerprint density at radius 2 is 1.74 bits per heavy atom. The lowest BCUT2D eigenvalue weighted by atomic mass is 10.1. The smallest absolute Gasteiger partial charge is 0.404 e. The molecule has 0 bridgehead atoms. The lowest BCUT2D eigenvalue weighted by Gasteiger charge is -2.14. The molecule has 31 heavy (non-hydrogen) atoms. The number of sulfonamides is 1. The summed E-state index contributed by atoms with van der Waals surface area (Å²) >= 11 is 0. The fourth-order valence-electron chi connectivity index (χ4n) is 3.02. The molecule has 2 heterocycles. The second kappa shape index (κ2) is 7.62. The number of fused-ring (bicyclic) bond motifs is 1. The molecule has 160 valence electrons. The standard InChI is InChI=1S/C21H16F3N3O3S/c1-14-10-11-27-13-17(25-20(27)12-14)15-6-8-16(9-7-15)26-31(28,29)19-5-3-2-4-18(19)30-21(22,23)24/h2-13,26H,1H3. The van der Waals surface area contributed by atoms with Gasteiger partial charge in [-0.2, -0.15) is 0 Å². The predicted octanol–water partition coefficient (Wildman–Crippen LogP) is 5.01. The summed E-state index contributed by atoms with van der Waals surface area (Å²) in [4.78, 5) is 3.92. The lowest BCUT2D eigenvalue weighted by molar-refractivity contribution is -0.275. The molecule has 0 saturated heterocycles. The Bertz CT molecular complexity index is 1350. The molecule has 2 aromatic carbocycles. The van der Waals surface area contributed by atoms with Gasteiger partial charge in [-0.1, -0.05) is 24.3 Å². The van der Waals surface area contributed by atoms with Crippen molar-refractivity contribution in [2.75, 3.05) is 4.72 Å². The summed E-state index contributed by atoms with van der Waals surface area (Å²) in [6, 6.07) is 14.8. The van der Waals surface area contributed by atoms with Gasteiger partial charge in [-0.3, -0.25) is 4.72 Å². The number of aryl methyl sites for hydroxylation is 1. The average molecular weight is 447 g/mol. The van der Waals surface area contributed by atoms with Crippen molar-refractivity contribution < 1.29 is 26.3 Å². The van der Waals surface area contributed by atoms with E-state index in [9.17, 15) is 21.6 Å². The molecule has 2 aromatic heterocycles. The highest BCUT2D eigenvalue weighted by molar-refractivity contribution is 7.92. The van der Waals surface area contributed by atoms with E-state index in [0.29, 0.717) is 5.69 Å². The molecule has 0 radical (unpaired) electrons. The van der Waals surface area contributed by atoms with Crippen molar-refractivity contribution in [1.82, 2.24) is 9.38 Å². The number of halogens is 3. The van der Waals surface area contributed by atoms with Crippen molar-refractivity contribution in [1.29, 1.82) is 0 Å². The van der Waals surface area contributed by atoms with Crippen molar-refractivity contribution in [2.45, 2.75) is 18.2 Å². The number of hydrogen-bond donors (Lipinski definition) is 1. The first-order valence-corrected chi connectivity index (χ1v) is 10.5. The Labute approximate surface area is 176 Å². The van der Waals surface area contributed by atoms with Crippen LogP contribution in [0.1, 0.15) is 5.56 Å². The minimum atomic E-state index is -5.01. The first-order valence-electron chi connectivity index (χ1n) is 9.04. The highest BCUT2D eigenvalue weighted by atomic mass is 32.2. The third kappa shape index (κ3) is 4.64. The van der Waals surface area contributed by atoms with Gasteiger partial charge < -0.3 is 9.14 Å². The fraction of sp³-hybridized carbons (Fsp3) is 0.0952. The maximum Gasteiger partial charge on any atom is 0.573 e. The zero-order valence-corrected chi connectivity index (χ0v) is 16.9. The third-order valence-corrected chi connectivity index (χ3v) is 5.83. The number of hydrogen-bond acceptors (Lipinski definition) is 4. The molecular weight excluding hydrogens is 431 g/mol.